The van der Waals surface area contributed by atoms with Gasteiger partial charge in [-0.1, -0.05) is 78.9 Å². The van der Waals surface area contributed by atoms with Gasteiger partial charge in [0.05, 0.1) is 11.4 Å². The average Bonchev–Trinajstić information content (AvgIpc) is 3.60. The molecule has 252 valence electrons. The number of ether oxygens (including phenoxy) is 2. The number of hydrogen-bond donors (Lipinski definition) is 3. The Morgan fingerprint density at radius 2 is 1.10 bits per heavy atom. The molecule has 2 fully saturated rings. The van der Waals surface area contributed by atoms with Crippen LogP contribution in [0.3, 0.4) is 0 Å². The number of aromatic hydroxyl groups is 1. The predicted molar refractivity (Wildman–Crippen MR) is 190 cm³/mol. The van der Waals surface area contributed by atoms with Gasteiger partial charge >= 0.3 is 0 Å². The van der Waals surface area contributed by atoms with E-state index in [0.29, 0.717) is 40.4 Å². The molecule has 0 atom stereocenters. The Hall–Kier alpha value is -7.14. The highest BCUT2D eigenvalue weighted by Gasteiger charge is 2.35. The van der Waals surface area contributed by atoms with Crippen LogP contribution in [0.25, 0.3) is 12.2 Å². The summed E-state index contributed by atoms with van der Waals surface area (Å²) in [7, 11) is 0. The lowest BCUT2D eigenvalue weighted by Gasteiger charge is -2.16. The van der Waals surface area contributed by atoms with Crippen molar-refractivity contribution in [3.8, 4) is 17.2 Å². The molecule has 7 rings (SSSR count). The van der Waals surface area contributed by atoms with Crippen LogP contribution in [-0.4, -0.2) is 28.7 Å². The number of para-hydroxylation sites is 1. The maximum atomic E-state index is 13.3. The highest BCUT2D eigenvalue weighted by molar-refractivity contribution is 6.32. The highest BCUT2D eigenvalue weighted by atomic mass is 16.5. The maximum absolute atomic E-state index is 13.3. The average molecular weight is 679 g/mol. The molecule has 0 unspecified atom stereocenters. The Morgan fingerprint density at radius 1 is 0.549 bits per heavy atom. The molecule has 2 aliphatic rings. The van der Waals surface area contributed by atoms with E-state index in [-0.39, 0.29) is 29.3 Å². The Labute approximate surface area is 292 Å². The molecule has 5 aromatic rings. The topological polar surface area (TPSA) is 138 Å². The molecule has 2 heterocycles. The van der Waals surface area contributed by atoms with Gasteiger partial charge in [0.25, 0.3) is 23.6 Å². The van der Waals surface area contributed by atoms with E-state index in [2.05, 4.69) is 10.9 Å². The lowest BCUT2D eigenvalue weighted by Crippen LogP contribution is -2.35. The van der Waals surface area contributed by atoms with E-state index >= 15 is 0 Å². The Morgan fingerprint density at radius 3 is 1.78 bits per heavy atom. The molecule has 11 heteroatoms. The molecule has 3 N–H and O–H groups in total. The first-order chi connectivity index (χ1) is 24.8. The largest absolute Gasteiger partial charge is 0.504 e. The van der Waals surface area contributed by atoms with Gasteiger partial charge in [0.2, 0.25) is 0 Å². The molecule has 51 heavy (non-hydrogen) atoms. The zero-order valence-electron chi connectivity index (χ0n) is 27.0. The number of carbonyl (C=O) groups excluding carboxylic acids is 4. The van der Waals surface area contributed by atoms with E-state index in [1.807, 2.05) is 30.3 Å². The number of hydrazine groups is 2. The van der Waals surface area contributed by atoms with E-state index in [9.17, 15) is 24.3 Å². The molecule has 2 aliphatic heterocycles. The van der Waals surface area contributed by atoms with Gasteiger partial charge in [0, 0.05) is 0 Å². The first-order valence-corrected chi connectivity index (χ1v) is 15.9. The fourth-order valence-corrected chi connectivity index (χ4v) is 5.47. The first kappa shape index (κ1) is 32.4. The lowest BCUT2D eigenvalue weighted by atomic mass is 10.1. The second-order valence-corrected chi connectivity index (χ2v) is 11.6. The number of anilines is 2. The fourth-order valence-electron chi connectivity index (χ4n) is 5.47. The second-order valence-electron chi connectivity index (χ2n) is 11.6. The van der Waals surface area contributed by atoms with Gasteiger partial charge < -0.3 is 14.6 Å². The Balaban J connectivity index is 1.00. The van der Waals surface area contributed by atoms with Gasteiger partial charge in [-0.05, 0) is 82.9 Å². The molecule has 0 spiro atoms. The normalized spacial score (nSPS) is 15.8. The van der Waals surface area contributed by atoms with Crippen LogP contribution in [0.5, 0.6) is 17.2 Å². The van der Waals surface area contributed by atoms with E-state index in [1.54, 1.807) is 84.9 Å². The third-order valence-electron chi connectivity index (χ3n) is 8.09. The molecule has 4 amide bonds. The van der Waals surface area contributed by atoms with E-state index in [0.717, 1.165) is 5.56 Å². The van der Waals surface area contributed by atoms with Crippen molar-refractivity contribution in [1.82, 2.24) is 10.9 Å². The summed E-state index contributed by atoms with van der Waals surface area (Å²) in [5, 5.41) is 12.8. The number of carbonyl (C=O) groups is 4. The minimum absolute atomic E-state index is 0.00000815. The number of phenolic OH excluding ortho intramolecular Hbond substituents is 1. The van der Waals surface area contributed by atoms with Crippen LogP contribution in [0, 0.1) is 0 Å². The van der Waals surface area contributed by atoms with Gasteiger partial charge in [-0.2, -0.15) is 0 Å². The zero-order valence-corrected chi connectivity index (χ0v) is 27.0. The second kappa shape index (κ2) is 14.1. The summed E-state index contributed by atoms with van der Waals surface area (Å²) in [4.78, 5) is 51.8. The monoisotopic (exact) mass is 678 g/mol. The van der Waals surface area contributed by atoms with Gasteiger partial charge in [-0.3, -0.25) is 30.0 Å². The molecule has 11 nitrogen and oxygen atoms in total. The Kier molecular flexibility index (Phi) is 8.99. The van der Waals surface area contributed by atoms with Crippen LogP contribution in [0.15, 0.2) is 139 Å². The quantitative estimate of drug-likeness (QED) is 0.132. The first-order valence-electron chi connectivity index (χ1n) is 15.9. The molecule has 2 saturated heterocycles. The minimum Gasteiger partial charge on any atom is -0.504 e. The van der Waals surface area contributed by atoms with Crippen molar-refractivity contribution in [2.24, 2.45) is 0 Å². The molecule has 0 aromatic heterocycles. The zero-order chi connectivity index (χ0) is 35.3. The number of rotatable bonds is 10. The summed E-state index contributed by atoms with van der Waals surface area (Å²) in [6.45, 7) is 0.420. The van der Waals surface area contributed by atoms with Crippen molar-refractivity contribution in [2.75, 3.05) is 10.0 Å². The summed E-state index contributed by atoms with van der Waals surface area (Å²) >= 11 is 0. The van der Waals surface area contributed by atoms with Crippen LogP contribution in [0.2, 0.25) is 0 Å². The van der Waals surface area contributed by atoms with Crippen LogP contribution >= 0.6 is 0 Å². The van der Waals surface area contributed by atoms with Crippen molar-refractivity contribution in [3.05, 3.63) is 161 Å². The molecule has 0 aliphatic carbocycles. The van der Waals surface area contributed by atoms with Crippen LogP contribution < -0.4 is 30.3 Å². The number of benzene rings is 5. The van der Waals surface area contributed by atoms with Gasteiger partial charge in [0.1, 0.15) is 30.1 Å². The molecular weight excluding hydrogens is 648 g/mol. The third kappa shape index (κ3) is 7.18. The summed E-state index contributed by atoms with van der Waals surface area (Å²) in [5.41, 5.74) is 8.82. The SMILES string of the molecule is O=C1NN(c2ccccc2)C(=O)C1=Cc1ccc(O)c(OCc2cccc(N3NC(=O)C(=Cc4ccc(OCc5ccccc5)cc4)C3=O)c2)c1. The number of hydrogen-bond acceptors (Lipinski definition) is 7. The number of phenols is 1. The summed E-state index contributed by atoms with van der Waals surface area (Å²) in [6, 6.07) is 36.9. The summed E-state index contributed by atoms with van der Waals surface area (Å²) in [6.07, 6.45) is 2.95. The van der Waals surface area contributed by atoms with E-state index < -0.39 is 23.6 Å². The van der Waals surface area contributed by atoms with Crippen LogP contribution in [0.1, 0.15) is 22.3 Å². The van der Waals surface area contributed by atoms with E-state index in [1.165, 1.54) is 34.3 Å². The number of nitrogens with one attached hydrogen (secondary N) is 2. The molecule has 0 bridgehead atoms. The molecular formula is C40H30N4O7. The highest BCUT2D eigenvalue weighted by Crippen LogP contribution is 2.31. The lowest BCUT2D eigenvalue weighted by molar-refractivity contribution is -0.118. The van der Waals surface area contributed by atoms with E-state index in [4.69, 9.17) is 9.47 Å². The van der Waals surface area contributed by atoms with Gasteiger partial charge in [-0.25, -0.2) is 10.0 Å². The Bertz CT molecular complexity index is 2200. The van der Waals surface area contributed by atoms with Crippen molar-refractivity contribution in [3.63, 3.8) is 0 Å². The fraction of sp³-hybridized carbons (Fsp3) is 0.0500. The molecule has 5 aromatic carbocycles. The maximum Gasteiger partial charge on any atom is 0.282 e. The third-order valence-corrected chi connectivity index (χ3v) is 8.09. The van der Waals surface area contributed by atoms with Crippen molar-refractivity contribution < 1.29 is 33.8 Å². The van der Waals surface area contributed by atoms with Gasteiger partial charge in [0.15, 0.2) is 11.5 Å². The summed E-state index contributed by atoms with van der Waals surface area (Å²) < 4.78 is 11.7. The summed E-state index contributed by atoms with van der Waals surface area (Å²) in [5.74, 6) is -1.49. The van der Waals surface area contributed by atoms with Gasteiger partial charge in [-0.15, -0.1) is 0 Å². The standard InChI is InChI=1S/C40H30N4O7/c45-35-19-16-28(22-34-38(47)41-43(39(34)48)30-11-5-2-6-12-30)23-36(35)51-25-29-10-7-13-31(20-29)44-40(49)33(37(46)42-44)21-26-14-17-32(18-15-26)50-24-27-8-3-1-4-9-27/h1-23,45H,24-25H2,(H,41,47)(H,42,46). The van der Waals surface area contributed by atoms with Crippen molar-refractivity contribution in [2.45, 2.75) is 13.2 Å². The smallest absolute Gasteiger partial charge is 0.282 e. The number of amides is 4. The molecule has 0 saturated carbocycles. The van der Waals surface area contributed by atoms with Crippen molar-refractivity contribution >= 4 is 47.2 Å². The van der Waals surface area contributed by atoms with Crippen LogP contribution in [-0.2, 0) is 32.4 Å². The van der Waals surface area contributed by atoms with Crippen molar-refractivity contribution in [1.29, 1.82) is 0 Å². The predicted octanol–water partition coefficient (Wildman–Crippen LogP) is 5.47. The number of nitrogens with zero attached hydrogens (tertiary/aromatic N) is 2. The minimum atomic E-state index is -0.556. The molecule has 0 radical (unpaired) electrons. The van der Waals surface area contributed by atoms with Crippen LogP contribution in [0.4, 0.5) is 11.4 Å².